The maximum atomic E-state index is 11.8. The van der Waals surface area contributed by atoms with E-state index in [-0.39, 0.29) is 11.9 Å². The molecule has 0 amide bonds. The number of hydrogen-bond donors (Lipinski definition) is 0. The number of allylic oxidation sites excluding steroid dienone is 1. The van der Waals surface area contributed by atoms with Crippen molar-refractivity contribution in [2.75, 3.05) is 20.3 Å². The van der Waals surface area contributed by atoms with E-state index in [1.54, 1.807) is 14.0 Å². The van der Waals surface area contributed by atoms with Crippen molar-refractivity contribution in [3.63, 3.8) is 0 Å². The first kappa shape index (κ1) is 22.1. The largest absolute Gasteiger partial charge is 0.463 e. The standard InChI is InChI=1S/C16H24O3.C4H6O/c1-12(2)11-14-5-7-15(8-6-14)13(3)16(17)19-10-9-18-4;1-4(2)3-5/h5-8,12-13H,9-11H2,1-4H3;3H,1H2,2H3. The zero-order chi connectivity index (χ0) is 18.5. The number of carbonyl (C=O) groups excluding carboxylic acids is 2. The Labute approximate surface area is 145 Å². The summed E-state index contributed by atoms with van der Waals surface area (Å²) in [4.78, 5) is 21.2. The maximum absolute atomic E-state index is 11.8. The number of aldehydes is 1. The molecule has 0 aliphatic rings. The highest BCUT2D eigenvalue weighted by Gasteiger charge is 2.16. The zero-order valence-corrected chi connectivity index (χ0v) is 15.5. The Hall–Kier alpha value is -1.94. The van der Waals surface area contributed by atoms with Crippen LogP contribution in [0.3, 0.4) is 0 Å². The number of rotatable bonds is 8. The quantitative estimate of drug-likeness (QED) is 0.313. The highest BCUT2D eigenvalue weighted by Crippen LogP contribution is 2.18. The molecule has 1 atom stereocenters. The zero-order valence-electron chi connectivity index (χ0n) is 15.5. The lowest BCUT2D eigenvalue weighted by Crippen LogP contribution is -2.16. The molecule has 0 bridgehead atoms. The SMILES string of the molecule is C=C(C)C=O.COCCOC(=O)C(C)c1ccc(CC(C)C)cc1. The minimum atomic E-state index is -0.232. The topological polar surface area (TPSA) is 52.6 Å². The van der Waals surface area contributed by atoms with Crippen molar-refractivity contribution >= 4 is 12.3 Å². The van der Waals surface area contributed by atoms with Gasteiger partial charge in [-0.05, 0) is 42.9 Å². The molecule has 4 nitrogen and oxygen atoms in total. The molecule has 0 aliphatic heterocycles. The Morgan fingerprint density at radius 2 is 1.71 bits per heavy atom. The molecule has 1 unspecified atom stereocenters. The Balaban J connectivity index is 0.000000922. The summed E-state index contributed by atoms with van der Waals surface area (Å²) >= 11 is 0. The first-order chi connectivity index (χ1) is 11.3. The van der Waals surface area contributed by atoms with Crippen LogP contribution >= 0.6 is 0 Å². The Morgan fingerprint density at radius 1 is 1.17 bits per heavy atom. The van der Waals surface area contributed by atoms with E-state index in [9.17, 15) is 9.59 Å². The van der Waals surface area contributed by atoms with Crippen molar-refractivity contribution in [3.8, 4) is 0 Å². The van der Waals surface area contributed by atoms with Crippen LogP contribution in [-0.4, -0.2) is 32.6 Å². The molecule has 0 saturated carbocycles. The van der Waals surface area contributed by atoms with Gasteiger partial charge in [-0.1, -0.05) is 44.7 Å². The van der Waals surface area contributed by atoms with Gasteiger partial charge in [0.25, 0.3) is 0 Å². The fourth-order valence-corrected chi connectivity index (χ4v) is 1.90. The average molecular weight is 334 g/mol. The third-order valence-electron chi connectivity index (χ3n) is 3.21. The van der Waals surface area contributed by atoms with E-state index in [0.717, 1.165) is 18.3 Å². The first-order valence-electron chi connectivity index (χ1n) is 8.16. The van der Waals surface area contributed by atoms with E-state index in [0.29, 0.717) is 24.7 Å². The van der Waals surface area contributed by atoms with Crippen LogP contribution in [-0.2, 0) is 25.5 Å². The lowest BCUT2D eigenvalue weighted by Gasteiger charge is -2.12. The molecule has 0 N–H and O–H groups in total. The second-order valence-corrected chi connectivity index (χ2v) is 6.19. The van der Waals surface area contributed by atoms with Gasteiger partial charge in [0.1, 0.15) is 12.9 Å². The van der Waals surface area contributed by atoms with E-state index in [4.69, 9.17) is 9.47 Å². The number of hydrogen-bond acceptors (Lipinski definition) is 4. The molecule has 0 aromatic heterocycles. The van der Waals surface area contributed by atoms with Gasteiger partial charge in [0, 0.05) is 7.11 Å². The van der Waals surface area contributed by atoms with E-state index < -0.39 is 0 Å². The lowest BCUT2D eigenvalue weighted by molar-refractivity contribution is -0.146. The maximum Gasteiger partial charge on any atom is 0.313 e. The Morgan fingerprint density at radius 3 is 2.12 bits per heavy atom. The van der Waals surface area contributed by atoms with Gasteiger partial charge in [0.05, 0.1) is 12.5 Å². The molecular formula is C20H30O4. The molecule has 1 aromatic rings. The normalized spacial score (nSPS) is 11.2. The minimum absolute atomic E-state index is 0.200. The van der Waals surface area contributed by atoms with Crippen molar-refractivity contribution in [2.24, 2.45) is 5.92 Å². The molecule has 4 heteroatoms. The number of carbonyl (C=O) groups is 2. The highest BCUT2D eigenvalue weighted by molar-refractivity contribution is 5.77. The summed E-state index contributed by atoms with van der Waals surface area (Å²) in [5.41, 5.74) is 2.87. The van der Waals surface area contributed by atoms with Gasteiger partial charge in [-0.2, -0.15) is 0 Å². The first-order valence-corrected chi connectivity index (χ1v) is 8.16. The van der Waals surface area contributed by atoms with Gasteiger partial charge < -0.3 is 9.47 Å². The second-order valence-electron chi connectivity index (χ2n) is 6.19. The summed E-state index contributed by atoms with van der Waals surface area (Å²) in [6, 6.07) is 8.21. The van der Waals surface area contributed by atoms with Gasteiger partial charge in [0.2, 0.25) is 0 Å². The molecule has 1 rings (SSSR count). The summed E-state index contributed by atoms with van der Waals surface area (Å²) in [7, 11) is 1.59. The molecule has 0 aliphatic carbocycles. The fraction of sp³-hybridized carbons (Fsp3) is 0.500. The molecule has 0 saturated heterocycles. The van der Waals surface area contributed by atoms with E-state index in [1.807, 2.05) is 19.1 Å². The number of methoxy groups -OCH3 is 1. The van der Waals surface area contributed by atoms with Crippen LogP contribution in [0, 0.1) is 5.92 Å². The van der Waals surface area contributed by atoms with Gasteiger partial charge in [0.15, 0.2) is 0 Å². The van der Waals surface area contributed by atoms with Crippen molar-refractivity contribution in [1.82, 2.24) is 0 Å². The van der Waals surface area contributed by atoms with Crippen molar-refractivity contribution in [1.29, 1.82) is 0 Å². The third kappa shape index (κ3) is 9.95. The summed E-state index contributed by atoms with van der Waals surface area (Å²) < 4.78 is 9.98. The van der Waals surface area contributed by atoms with E-state index >= 15 is 0 Å². The molecule has 134 valence electrons. The average Bonchev–Trinajstić information content (AvgIpc) is 2.55. The molecule has 0 spiro atoms. The van der Waals surface area contributed by atoms with Crippen LogP contribution in [0.25, 0.3) is 0 Å². The monoisotopic (exact) mass is 334 g/mol. The molecule has 0 heterocycles. The second kappa shape index (κ2) is 12.5. The summed E-state index contributed by atoms with van der Waals surface area (Å²) in [5.74, 6) is 0.209. The van der Waals surface area contributed by atoms with Gasteiger partial charge in [-0.3, -0.25) is 9.59 Å². The third-order valence-corrected chi connectivity index (χ3v) is 3.21. The summed E-state index contributed by atoms with van der Waals surface area (Å²) in [6.07, 6.45) is 1.78. The molecular weight excluding hydrogens is 304 g/mol. The van der Waals surface area contributed by atoms with Crippen LogP contribution in [0.15, 0.2) is 36.4 Å². The highest BCUT2D eigenvalue weighted by atomic mass is 16.6. The lowest BCUT2D eigenvalue weighted by atomic mass is 9.97. The van der Waals surface area contributed by atoms with Crippen molar-refractivity contribution in [2.45, 2.75) is 40.0 Å². The molecule has 1 aromatic carbocycles. The number of ether oxygens (including phenoxy) is 2. The van der Waals surface area contributed by atoms with Crippen molar-refractivity contribution in [3.05, 3.63) is 47.5 Å². The van der Waals surface area contributed by atoms with Gasteiger partial charge >= 0.3 is 5.97 Å². The predicted molar refractivity (Wildman–Crippen MR) is 97.1 cm³/mol. The predicted octanol–water partition coefficient (Wildman–Crippen LogP) is 3.94. The number of benzene rings is 1. The molecule has 0 radical (unpaired) electrons. The van der Waals surface area contributed by atoms with Crippen LogP contribution in [0.1, 0.15) is 44.7 Å². The Kier molecular flexibility index (Phi) is 11.5. The summed E-state index contributed by atoms with van der Waals surface area (Å²) in [5, 5.41) is 0. The van der Waals surface area contributed by atoms with Crippen LogP contribution in [0.5, 0.6) is 0 Å². The fourth-order valence-electron chi connectivity index (χ4n) is 1.90. The summed E-state index contributed by atoms with van der Waals surface area (Å²) in [6.45, 7) is 12.0. The van der Waals surface area contributed by atoms with E-state index in [2.05, 4.69) is 32.6 Å². The Bertz CT molecular complexity index is 503. The van der Waals surface area contributed by atoms with Crippen LogP contribution in [0.2, 0.25) is 0 Å². The number of esters is 1. The molecule has 0 fully saturated rings. The van der Waals surface area contributed by atoms with Crippen molar-refractivity contribution < 1.29 is 19.1 Å². The van der Waals surface area contributed by atoms with Gasteiger partial charge in [-0.15, -0.1) is 0 Å². The van der Waals surface area contributed by atoms with E-state index in [1.165, 1.54) is 5.56 Å². The molecule has 24 heavy (non-hydrogen) atoms. The van der Waals surface area contributed by atoms with Gasteiger partial charge in [-0.25, -0.2) is 0 Å². The van der Waals surface area contributed by atoms with Crippen LogP contribution < -0.4 is 0 Å². The minimum Gasteiger partial charge on any atom is -0.463 e. The smallest absolute Gasteiger partial charge is 0.313 e. The van der Waals surface area contributed by atoms with Crippen LogP contribution in [0.4, 0.5) is 0 Å².